The number of carbonyl (C=O) groups is 1. The van der Waals surface area contributed by atoms with Crippen molar-refractivity contribution in [3.8, 4) is 11.6 Å². The van der Waals surface area contributed by atoms with Gasteiger partial charge in [0, 0.05) is 17.8 Å². The van der Waals surface area contributed by atoms with Crippen molar-refractivity contribution in [3.63, 3.8) is 0 Å². The third-order valence-corrected chi connectivity index (χ3v) is 2.77. The van der Waals surface area contributed by atoms with Crippen LogP contribution in [0.5, 0.6) is 11.6 Å². The minimum absolute atomic E-state index is 0.0422. The van der Waals surface area contributed by atoms with Gasteiger partial charge < -0.3 is 9.84 Å². The second-order valence-electron chi connectivity index (χ2n) is 4.45. The molecule has 0 aliphatic carbocycles. The van der Waals surface area contributed by atoms with Crippen LogP contribution in [0.15, 0.2) is 30.3 Å². The average Bonchev–Trinajstić information content (AvgIpc) is 2.40. The predicted molar refractivity (Wildman–Crippen MR) is 73.8 cm³/mol. The van der Waals surface area contributed by atoms with Crippen LogP contribution in [0.2, 0.25) is 0 Å². The fourth-order valence-corrected chi connectivity index (χ4v) is 1.74. The molecule has 2 rings (SSSR count). The van der Waals surface area contributed by atoms with E-state index < -0.39 is 10.9 Å². The van der Waals surface area contributed by atoms with Crippen LogP contribution in [0.25, 0.3) is 0 Å². The number of rotatable bonds is 4. The zero-order chi connectivity index (χ0) is 15.6. The van der Waals surface area contributed by atoms with Crippen LogP contribution < -0.4 is 4.74 Å². The summed E-state index contributed by atoms with van der Waals surface area (Å²) in [5.41, 5.74) is 1.09. The molecule has 108 valence electrons. The third kappa shape index (κ3) is 3.33. The van der Waals surface area contributed by atoms with Crippen LogP contribution in [0.4, 0.5) is 5.69 Å². The van der Waals surface area contributed by atoms with Crippen LogP contribution in [0, 0.1) is 24.0 Å². The number of ether oxygens (including phenoxy) is 1. The predicted octanol–water partition coefficient (Wildman–Crippen LogP) is 3.10. The van der Waals surface area contributed by atoms with Gasteiger partial charge in [-0.15, -0.1) is 0 Å². The highest BCUT2D eigenvalue weighted by Gasteiger charge is 2.13. The summed E-state index contributed by atoms with van der Waals surface area (Å²) in [6, 6.07) is 6.89. The van der Waals surface area contributed by atoms with Gasteiger partial charge in [-0.25, -0.2) is 9.78 Å². The van der Waals surface area contributed by atoms with Gasteiger partial charge in [-0.2, -0.15) is 0 Å². The minimum Gasteiger partial charge on any atom is -0.478 e. The van der Waals surface area contributed by atoms with Gasteiger partial charge in [-0.1, -0.05) is 0 Å². The van der Waals surface area contributed by atoms with Crippen molar-refractivity contribution in [1.29, 1.82) is 0 Å². The number of aryl methyl sites for hydroxylation is 2. The van der Waals surface area contributed by atoms with Gasteiger partial charge in [0.2, 0.25) is 5.88 Å². The van der Waals surface area contributed by atoms with E-state index in [1.165, 1.54) is 24.3 Å². The zero-order valence-corrected chi connectivity index (χ0v) is 11.4. The molecule has 1 aromatic heterocycles. The number of pyridine rings is 1. The van der Waals surface area contributed by atoms with E-state index in [4.69, 9.17) is 9.84 Å². The number of aromatic carboxylic acids is 1. The molecule has 7 nitrogen and oxygen atoms in total. The van der Waals surface area contributed by atoms with Crippen LogP contribution in [0.3, 0.4) is 0 Å². The first-order valence-corrected chi connectivity index (χ1v) is 6.01. The number of hydrogen-bond donors (Lipinski definition) is 1. The fourth-order valence-electron chi connectivity index (χ4n) is 1.74. The topological polar surface area (TPSA) is 103 Å². The number of nitro groups is 1. The number of carboxylic acid groups (broad SMARTS) is 1. The van der Waals surface area contributed by atoms with Crippen LogP contribution >= 0.6 is 0 Å². The largest absolute Gasteiger partial charge is 0.478 e. The molecule has 0 amide bonds. The molecule has 7 heteroatoms. The molecular weight excluding hydrogens is 276 g/mol. The summed E-state index contributed by atoms with van der Waals surface area (Å²) >= 11 is 0. The highest BCUT2D eigenvalue weighted by atomic mass is 16.6. The van der Waals surface area contributed by atoms with Crippen molar-refractivity contribution < 1.29 is 19.6 Å². The highest BCUT2D eigenvalue weighted by Crippen LogP contribution is 2.28. The summed E-state index contributed by atoms with van der Waals surface area (Å²) in [4.78, 5) is 25.3. The van der Waals surface area contributed by atoms with Crippen molar-refractivity contribution in [1.82, 2.24) is 4.98 Å². The van der Waals surface area contributed by atoms with Crippen LogP contribution in [-0.2, 0) is 0 Å². The first-order chi connectivity index (χ1) is 9.86. The van der Waals surface area contributed by atoms with Crippen molar-refractivity contribution in [3.05, 3.63) is 57.3 Å². The molecule has 0 atom stereocenters. The molecule has 1 aromatic carbocycles. The summed E-state index contributed by atoms with van der Waals surface area (Å²) in [5, 5.41) is 19.8. The van der Waals surface area contributed by atoms with Crippen molar-refractivity contribution in [2.75, 3.05) is 0 Å². The third-order valence-electron chi connectivity index (χ3n) is 2.77. The SMILES string of the molecule is Cc1cc(C(=O)O)cc(Oc2cc([N+](=O)[O-])ccc2C)n1. The number of aromatic nitrogens is 1. The molecule has 0 bridgehead atoms. The normalized spacial score (nSPS) is 10.2. The maximum atomic E-state index is 11.0. The van der Waals surface area contributed by atoms with Gasteiger partial charge >= 0.3 is 5.97 Å². The Balaban J connectivity index is 2.40. The average molecular weight is 288 g/mol. The second-order valence-corrected chi connectivity index (χ2v) is 4.45. The molecule has 0 aliphatic heterocycles. The van der Waals surface area contributed by atoms with Gasteiger partial charge in [-0.3, -0.25) is 10.1 Å². The van der Waals surface area contributed by atoms with E-state index in [-0.39, 0.29) is 22.9 Å². The maximum Gasteiger partial charge on any atom is 0.335 e. The van der Waals surface area contributed by atoms with E-state index in [0.717, 1.165) is 0 Å². The lowest BCUT2D eigenvalue weighted by Gasteiger charge is -2.09. The molecule has 0 saturated heterocycles. The zero-order valence-electron chi connectivity index (χ0n) is 11.4. The number of hydrogen-bond acceptors (Lipinski definition) is 5. The van der Waals surface area contributed by atoms with Crippen molar-refractivity contribution in [2.24, 2.45) is 0 Å². The summed E-state index contributed by atoms with van der Waals surface area (Å²) in [6.45, 7) is 3.37. The van der Waals surface area contributed by atoms with E-state index in [1.54, 1.807) is 19.9 Å². The Hall–Kier alpha value is -2.96. The van der Waals surface area contributed by atoms with E-state index in [1.807, 2.05) is 0 Å². The Morgan fingerprint density at radius 2 is 2.00 bits per heavy atom. The molecule has 21 heavy (non-hydrogen) atoms. The maximum absolute atomic E-state index is 11.0. The molecule has 2 aromatic rings. The van der Waals surface area contributed by atoms with E-state index in [9.17, 15) is 14.9 Å². The molecule has 1 N–H and O–H groups in total. The molecule has 0 spiro atoms. The summed E-state index contributed by atoms with van der Waals surface area (Å²) in [6.07, 6.45) is 0. The van der Waals surface area contributed by atoms with Crippen molar-refractivity contribution >= 4 is 11.7 Å². The van der Waals surface area contributed by atoms with E-state index >= 15 is 0 Å². The Labute approximate surface area is 120 Å². The number of carboxylic acids is 1. The number of benzene rings is 1. The van der Waals surface area contributed by atoms with Crippen molar-refractivity contribution in [2.45, 2.75) is 13.8 Å². The Morgan fingerprint density at radius 3 is 2.62 bits per heavy atom. The molecule has 0 radical (unpaired) electrons. The summed E-state index contributed by atoms with van der Waals surface area (Å²) in [7, 11) is 0. The van der Waals surface area contributed by atoms with Crippen LogP contribution in [0.1, 0.15) is 21.6 Å². The molecule has 0 fully saturated rings. The quantitative estimate of drug-likeness (QED) is 0.685. The standard InChI is InChI=1S/C14H12N2O5/c1-8-3-4-11(16(19)20)7-12(8)21-13-6-10(14(17)18)5-9(2)15-13/h3-7H,1-2H3,(H,17,18). The molecule has 0 saturated carbocycles. The van der Waals surface area contributed by atoms with Crippen LogP contribution in [-0.4, -0.2) is 21.0 Å². The Morgan fingerprint density at radius 1 is 1.29 bits per heavy atom. The highest BCUT2D eigenvalue weighted by molar-refractivity contribution is 5.88. The Kier molecular flexibility index (Phi) is 3.84. The van der Waals surface area contributed by atoms with Gasteiger partial charge in [-0.05, 0) is 31.5 Å². The monoisotopic (exact) mass is 288 g/mol. The molecule has 0 aliphatic rings. The number of nitro benzene ring substituents is 1. The molecular formula is C14H12N2O5. The smallest absolute Gasteiger partial charge is 0.335 e. The van der Waals surface area contributed by atoms with Gasteiger partial charge in [0.1, 0.15) is 5.75 Å². The van der Waals surface area contributed by atoms with E-state index in [0.29, 0.717) is 11.3 Å². The lowest BCUT2D eigenvalue weighted by atomic mass is 10.2. The summed E-state index contributed by atoms with van der Waals surface area (Å²) in [5.74, 6) is -0.754. The summed E-state index contributed by atoms with van der Waals surface area (Å²) < 4.78 is 5.49. The second kappa shape index (κ2) is 5.58. The van der Waals surface area contributed by atoms with Gasteiger partial charge in [0.05, 0.1) is 16.6 Å². The van der Waals surface area contributed by atoms with Gasteiger partial charge in [0.25, 0.3) is 5.69 Å². The number of nitrogens with zero attached hydrogens (tertiary/aromatic N) is 2. The lowest BCUT2D eigenvalue weighted by Crippen LogP contribution is -2.00. The van der Waals surface area contributed by atoms with Gasteiger partial charge in [0.15, 0.2) is 0 Å². The molecule has 0 unspecified atom stereocenters. The first kappa shape index (κ1) is 14.4. The fraction of sp³-hybridized carbons (Fsp3) is 0.143. The lowest BCUT2D eigenvalue weighted by molar-refractivity contribution is -0.384. The molecule has 1 heterocycles. The van der Waals surface area contributed by atoms with E-state index in [2.05, 4.69) is 4.98 Å². The number of non-ortho nitro benzene ring substituents is 1. The first-order valence-electron chi connectivity index (χ1n) is 6.01. The minimum atomic E-state index is -1.10. The Bertz CT molecular complexity index is 727.